The van der Waals surface area contributed by atoms with Crippen molar-refractivity contribution in [1.29, 1.82) is 0 Å². The van der Waals surface area contributed by atoms with Crippen molar-refractivity contribution >= 4 is 23.5 Å². The number of halogens is 6. The molecule has 6 nitrogen and oxygen atoms in total. The summed E-state index contributed by atoms with van der Waals surface area (Å²) in [6, 6.07) is 5.92. The number of alkyl halides is 5. The summed E-state index contributed by atoms with van der Waals surface area (Å²) in [7, 11) is 0. The highest BCUT2D eigenvalue weighted by Gasteiger charge is 2.38. The average Bonchev–Trinajstić information content (AvgIpc) is 2.62. The molecule has 1 fully saturated rings. The molecular formula is C16H18ClF5N2O4. The standard InChI is InChI=1S/C14H17ClF2N2O2.C2HF3O2/c15-13(17)14(20)18-9-12(19-4-6-21-7-5-19)10-2-1-3-11(16)8-10;3-2(4,5)1(6)7/h1-3,8,12-13H,4-7,9H2,(H,18,20);(H,6,7). The van der Waals surface area contributed by atoms with Gasteiger partial charge in [0.05, 0.1) is 19.3 Å². The number of carbonyl (C=O) groups excluding carboxylic acids is 1. The van der Waals surface area contributed by atoms with E-state index in [1.807, 2.05) is 0 Å². The number of carboxylic acids is 1. The highest BCUT2D eigenvalue weighted by molar-refractivity contribution is 6.29. The van der Waals surface area contributed by atoms with Crippen LogP contribution in [-0.2, 0) is 14.3 Å². The third-order valence-corrected chi connectivity index (χ3v) is 3.83. The van der Waals surface area contributed by atoms with Gasteiger partial charge >= 0.3 is 12.1 Å². The molecule has 1 aliphatic rings. The fraction of sp³-hybridized carbons (Fsp3) is 0.500. The van der Waals surface area contributed by atoms with E-state index in [2.05, 4.69) is 10.2 Å². The molecule has 1 amide bonds. The van der Waals surface area contributed by atoms with Crippen LogP contribution in [0.4, 0.5) is 22.0 Å². The molecule has 1 aromatic rings. The molecule has 0 aliphatic carbocycles. The van der Waals surface area contributed by atoms with Crippen LogP contribution in [0.25, 0.3) is 0 Å². The van der Waals surface area contributed by atoms with Gasteiger partial charge in [0, 0.05) is 19.6 Å². The molecule has 0 saturated carbocycles. The topological polar surface area (TPSA) is 78.9 Å². The van der Waals surface area contributed by atoms with Gasteiger partial charge in [-0.05, 0) is 17.7 Å². The Hall–Kier alpha value is -1.98. The summed E-state index contributed by atoms with van der Waals surface area (Å²) in [6.07, 6.45) is -5.08. The molecule has 1 aliphatic heterocycles. The number of hydrogen-bond donors (Lipinski definition) is 2. The maximum absolute atomic E-state index is 13.4. The lowest BCUT2D eigenvalue weighted by atomic mass is 10.0. The highest BCUT2D eigenvalue weighted by Crippen LogP contribution is 2.22. The first-order valence-electron chi connectivity index (χ1n) is 7.95. The van der Waals surface area contributed by atoms with E-state index < -0.39 is 23.7 Å². The van der Waals surface area contributed by atoms with Gasteiger partial charge in [-0.15, -0.1) is 0 Å². The van der Waals surface area contributed by atoms with Crippen molar-refractivity contribution in [2.45, 2.75) is 17.8 Å². The zero-order chi connectivity index (χ0) is 21.3. The lowest BCUT2D eigenvalue weighted by Gasteiger charge is -2.35. The predicted molar refractivity (Wildman–Crippen MR) is 89.0 cm³/mol. The highest BCUT2D eigenvalue weighted by atomic mass is 35.5. The van der Waals surface area contributed by atoms with Crippen molar-refractivity contribution in [3.05, 3.63) is 35.6 Å². The molecule has 1 aromatic carbocycles. The SMILES string of the molecule is O=C(NCC(c1cccc(F)c1)N1CCOCC1)C(F)Cl.O=C(O)C(F)(F)F. The fourth-order valence-corrected chi connectivity index (χ4v) is 2.41. The number of ether oxygens (including phenoxy) is 1. The van der Waals surface area contributed by atoms with Crippen molar-refractivity contribution in [3.8, 4) is 0 Å². The van der Waals surface area contributed by atoms with Gasteiger partial charge in [0.1, 0.15) is 5.82 Å². The Morgan fingerprint density at radius 1 is 1.29 bits per heavy atom. The molecule has 0 bridgehead atoms. The largest absolute Gasteiger partial charge is 0.490 e. The minimum absolute atomic E-state index is 0.162. The second-order valence-corrected chi connectivity index (χ2v) is 5.95. The van der Waals surface area contributed by atoms with Crippen LogP contribution in [-0.4, -0.2) is 66.5 Å². The minimum atomic E-state index is -5.08. The Labute approximate surface area is 162 Å². The van der Waals surface area contributed by atoms with Crippen LogP contribution < -0.4 is 5.32 Å². The molecule has 0 spiro atoms. The summed E-state index contributed by atoms with van der Waals surface area (Å²) < 4.78 is 63.1. The van der Waals surface area contributed by atoms with Crippen molar-refractivity contribution in [1.82, 2.24) is 10.2 Å². The van der Waals surface area contributed by atoms with E-state index in [0.29, 0.717) is 26.3 Å². The molecule has 0 radical (unpaired) electrons. The van der Waals surface area contributed by atoms with Gasteiger partial charge < -0.3 is 15.2 Å². The summed E-state index contributed by atoms with van der Waals surface area (Å²) in [5.41, 5.74) is -1.36. The van der Waals surface area contributed by atoms with Crippen LogP contribution in [0.1, 0.15) is 11.6 Å². The Balaban J connectivity index is 0.000000480. The third kappa shape index (κ3) is 8.36. The number of nitrogens with zero attached hydrogens (tertiary/aromatic N) is 1. The average molecular weight is 433 g/mol. The van der Waals surface area contributed by atoms with Gasteiger partial charge in [-0.3, -0.25) is 9.69 Å². The van der Waals surface area contributed by atoms with Gasteiger partial charge in [-0.2, -0.15) is 13.2 Å². The quantitative estimate of drug-likeness (QED) is 0.552. The number of morpholine rings is 1. The van der Waals surface area contributed by atoms with E-state index >= 15 is 0 Å². The molecule has 12 heteroatoms. The fourth-order valence-electron chi connectivity index (χ4n) is 2.34. The molecular weight excluding hydrogens is 415 g/mol. The van der Waals surface area contributed by atoms with Gasteiger partial charge in [0.25, 0.3) is 11.5 Å². The van der Waals surface area contributed by atoms with Gasteiger partial charge in [0.2, 0.25) is 0 Å². The lowest BCUT2D eigenvalue weighted by Crippen LogP contribution is -2.44. The molecule has 1 heterocycles. The van der Waals surface area contributed by atoms with Crippen LogP contribution >= 0.6 is 11.6 Å². The van der Waals surface area contributed by atoms with Crippen LogP contribution in [0.5, 0.6) is 0 Å². The number of carbonyl (C=O) groups is 2. The second-order valence-electron chi connectivity index (χ2n) is 5.57. The summed E-state index contributed by atoms with van der Waals surface area (Å²) >= 11 is 5.10. The number of aliphatic carboxylic acids is 1. The molecule has 1 saturated heterocycles. The van der Waals surface area contributed by atoms with Crippen molar-refractivity contribution < 1.29 is 41.4 Å². The van der Waals surface area contributed by atoms with Gasteiger partial charge in [0.15, 0.2) is 0 Å². The van der Waals surface area contributed by atoms with Crippen molar-refractivity contribution in [3.63, 3.8) is 0 Å². The normalized spacial score (nSPS) is 17.1. The monoisotopic (exact) mass is 432 g/mol. The van der Waals surface area contributed by atoms with Crippen LogP contribution in [0, 0.1) is 5.82 Å². The smallest absolute Gasteiger partial charge is 0.475 e. The summed E-state index contributed by atoms with van der Waals surface area (Å²) in [5.74, 6) is -3.99. The number of rotatable bonds is 5. The first-order chi connectivity index (χ1) is 13.0. The van der Waals surface area contributed by atoms with Gasteiger partial charge in [-0.25, -0.2) is 13.6 Å². The summed E-state index contributed by atoms with van der Waals surface area (Å²) in [5, 5.41) is 9.57. The Morgan fingerprint density at radius 3 is 2.32 bits per heavy atom. The van der Waals surface area contributed by atoms with Crippen LogP contribution in [0.3, 0.4) is 0 Å². The van der Waals surface area contributed by atoms with Crippen LogP contribution in [0.15, 0.2) is 24.3 Å². The number of carboxylic acid groups (broad SMARTS) is 1. The molecule has 2 rings (SSSR count). The molecule has 0 aromatic heterocycles. The Kier molecular flexibility index (Phi) is 9.56. The zero-order valence-electron chi connectivity index (χ0n) is 14.4. The van der Waals surface area contributed by atoms with E-state index in [4.69, 9.17) is 26.2 Å². The van der Waals surface area contributed by atoms with Crippen LogP contribution in [0.2, 0.25) is 0 Å². The van der Waals surface area contributed by atoms with Crippen molar-refractivity contribution in [2.75, 3.05) is 32.8 Å². The van der Waals surface area contributed by atoms with Crippen molar-refractivity contribution in [2.24, 2.45) is 0 Å². The second kappa shape index (κ2) is 11.1. The number of amides is 1. The maximum Gasteiger partial charge on any atom is 0.490 e. The molecule has 158 valence electrons. The maximum atomic E-state index is 13.4. The third-order valence-electron chi connectivity index (χ3n) is 3.63. The number of nitrogens with one attached hydrogen (secondary N) is 1. The first-order valence-corrected chi connectivity index (χ1v) is 8.39. The number of hydrogen-bond acceptors (Lipinski definition) is 4. The number of benzene rings is 1. The van der Waals surface area contributed by atoms with E-state index in [-0.39, 0.29) is 18.4 Å². The predicted octanol–water partition coefficient (Wildman–Crippen LogP) is 2.48. The minimum Gasteiger partial charge on any atom is -0.475 e. The molecule has 2 atom stereocenters. The molecule has 2 N–H and O–H groups in total. The van der Waals surface area contributed by atoms with E-state index in [1.54, 1.807) is 12.1 Å². The first kappa shape index (κ1) is 24.1. The Morgan fingerprint density at radius 2 is 1.86 bits per heavy atom. The summed E-state index contributed by atoms with van der Waals surface area (Å²) in [6.45, 7) is 2.63. The lowest BCUT2D eigenvalue weighted by molar-refractivity contribution is -0.192. The van der Waals surface area contributed by atoms with E-state index in [9.17, 15) is 26.7 Å². The van der Waals surface area contributed by atoms with Gasteiger partial charge in [-0.1, -0.05) is 23.7 Å². The summed E-state index contributed by atoms with van der Waals surface area (Å²) in [4.78, 5) is 22.3. The zero-order valence-corrected chi connectivity index (χ0v) is 15.1. The molecule has 28 heavy (non-hydrogen) atoms. The Bertz CT molecular complexity index is 654. The molecule has 2 unspecified atom stereocenters. The van der Waals surface area contributed by atoms with E-state index in [0.717, 1.165) is 5.56 Å². The van der Waals surface area contributed by atoms with E-state index in [1.165, 1.54) is 12.1 Å².